The van der Waals surface area contributed by atoms with E-state index >= 15 is 0 Å². The fourth-order valence-corrected chi connectivity index (χ4v) is 2.75. The summed E-state index contributed by atoms with van der Waals surface area (Å²) >= 11 is 0. The Morgan fingerprint density at radius 3 is 2.95 bits per heavy atom. The van der Waals surface area contributed by atoms with Crippen molar-refractivity contribution in [3.63, 3.8) is 0 Å². The summed E-state index contributed by atoms with van der Waals surface area (Å²) in [4.78, 5) is 14.2. The van der Waals surface area contributed by atoms with Crippen molar-refractivity contribution in [3.05, 3.63) is 65.7 Å². The molecule has 1 aliphatic heterocycles. The second kappa shape index (κ2) is 5.56. The minimum Gasteiger partial charge on any atom is -0.348 e. The maximum absolute atomic E-state index is 13.1. The van der Waals surface area contributed by atoms with Crippen LogP contribution in [-0.4, -0.2) is 21.9 Å². The predicted molar refractivity (Wildman–Crippen MR) is 80.0 cm³/mol. The zero-order chi connectivity index (χ0) is 14.8. The number of nitrogens with zero attached hydrogens (tertiary/aromatic N) is 2. The lowest BCUT2D eigenvalue weighted by atomic mass is 10.1. The van der Waals surface area contributed by atoms with Gasteiger partial charge in [0.15, 0.2) is 0 Å². The lowest BCUT2D eigenvalue weighted by molar-refractivity contribution is -0.129. The molecule has 0 fully saturated rings. The summed E-state index contributed by atoms with van der Waals surface area (Å²) in [6.45, 7) is 3.53. The SMILES string of the molecule is CC1c2cccn2CCN1C(=O)/C=C/c1cccc(F)c1. The fourth-order valence-electron chi connectivity index (χ4n) is 2.75. The summed E-state index contributed by atoms with van der Waals surface area (Å²) in [6.07, 6.45) is 5.21. The van der Waals surface area contributed by atoms with Gasteiger partial charge in [-0.1, -0.05) is 12.1 Å². The molecule has 1 unspecified atom stereocenters. The van der Waals surface area contributed by atoms with Crippen LogP contribution in [-0.2, 0) is 11.3 Å². The lowest BCUT2D eigenvalue weighted by Gasteiger charge is -2.34. The van der Waals surface area contributed by atoms with Gasteiger partial charge in [-0.3, -0.25) is 4.79 Å². The first kappa shape index (κ1) is 13.6. The van der Waals surface area contributed by atoms with E-state index in [4.69, 9.17) is 0 Å². The Bertz CT molecular complexity index is 690. The van der Waals surface area contributed by atoms with E-state index in [1.54, 1.807) is 18.2 Å². The summed E-state index contributed by atoms with van der Waals surface area (Å²) < 4.78 is 15.3. The number of amides is 1. The quantitative estimate of drug-likeness (QED) is 0.777. The Balaban J connectivity index is 1.74. The maximum atomic E-state index is 13.1. The highest BCUT2D eigenvalue weighted by molar-refractivity contribution is 5.92. The van der Waals surface area contributed by atoms with Gasteiger partial charge in [-0.2, -0.15) is 0 Å². The average Bonchev–Trinajstić information content (AvgIpc) is 2.95. The monoisotopic (exact) mass is 284 g/mol. The summed E-state index contributed by atoms with van der Waals surface area (Å²) in [5.74, 6) is -0.340. The van der Waals surface area contributed by atoms with Crippen molar-refractivity contribution < 1.29 is 9.18 Å². The fraction of sp³-hybridized carbons (Fsp3) is 0.235. The molecule has 1 aromatic heterocycles. The molecule has 0 saturated heterocycles. The Kier molecular flexibility index (Phi) is 3.60. The summed E-state index contributed by atoms with van der Waals surface area (Å²) in [5, 5.41) is 0. The summed E-state index contributed by atoms with van der Waals surface area (Å²) in [7, 11) is 0. The topological polar surface area (TPSA) is 25.2 Å². The molecule has 0 aliphatic carbocycles. The number of benzene rings is 1. The Morgan fingerprint density at radius 2 is 2.14 bits per heavy atom. The van der Waals surface area contributed by atoms with Gasteiger partial charge >= 0.3 is 0 Å². The van der Waals surface area contributed by atoms with Gasteiger partial charge in [0.1, 0.15) is 5.82 Å². The highest BCUT2D eigenvalue weighted by atomic mass is 19.1. The molecule has 0 bridgehead atoms. The molecule has 1 aromatic carbocycles. The van der Waals surface area contributed by atoms with Crippen LogP contribution >= 0.6 is 0 Å². The summed E-state index contributed by atoms with van der Waals surface area (Å²) in [5.41, 5.74) is 1.84. The average molecular weight is 284 g/mol. The zero-order valence-corrected chi connectivity index (χ0v) is 11.9. The number of carbonyl (C=O) groups excluding carboxylic acids is 1. The third-order valence-corrected chi connectivity index (χ3v) is 3.89. The number of halogens is 1. The second-order valence-corrected chi connectivity index (χ2v) is 5.22. The van der Waals surface area contributed by atoms with Crippen molar-refractivity contribution in [2.24, 2.45) is 0 Å². The molecule has 4 heteroatoms. The van der Waals surface area contributed by atoms with E-state index in [1.165, 1.54) is 18.2 Å². The van der Waals surface area contributed by atoms with Gasteiger partial charge in [-0.15, -0.1) is 0 Å². The normalized spacial score (nSPS) is 18.0. The van der Waals surface area contributed by atoms with Crippen LogP contribution in [0.4, 0.5) is 4.39 Å². The molecule has 0 radical (unpaired) electrons. The van der Waals surface area contributed by atoms with Crippen LogP contribution in [0.1, 0.15) is 24.2 Å². The first-order chi connectivity index (χ1) is 10.1. The van der Waals surface area contributed by atoms with Gasteiger partial charge in [0.25, 0.3) is 0 Å². The van der Waals surface area contributed by atoms with Crippen molar-refractivity contribution in [1.29, 1.82) is 0 Å². The summed E-state index contributed by atoms with van der Waals surface area (Å²) in [6, 6.07) is 10.3. The highest BCUT2D eigenvalue weighted by Crippen LogP contribution is 2.25. The Hall–Kier alpha value is -2.36. The van der Waals surface area contributed by atoms with E-state index in [1.807, 2.05) is 30.2 Å². The number of rotatable bonds is 2. The van der Waals surface area contributed by atoms with E-state index in [2.05, 4.69) is 4.57 Å². The van der Waals surface area contributed by atoms with E-state index < -0.39 is 0 Å². The molecular formula is C17H17FN2O. The minimum absolute atomic E-state index is 0.0424. The van der Waals surface area contributed by atoms with Crippen molar-refractivity contribution >= 4 is 12.0 Å². The molecule has 1 atom stereocenters. The van der Waals surface area contributed by atoms with Crippen molar-refractivity contribution in [1.82, 2.24) is 9.47 Å². The highest BCUT2D eigenvalue weighted by Gasteiger charge is 2.25. The number of aromatic nitrogens is 1. The molecule has 3 nitrogen and oxygen atoms in total. The number of hydrogen-bond acceptors (Lipinski definition) is 1. The van der Waals surface area contributed by atoms with Crippen LogP contribution < -0.4 is 0 Å². The third kappa shape index (κ3) is 2.75. The third-order valence-electron chi connectivity index (χ3n) is 3.89. The van der Waals surface area contributed by atoms with Gasteiger partial charge in [0.2, 0.25) is 5.91 Å². The Morgan fingerprint density at radius 1 is 1.29 bits per heavy atom. The van der Waals surface area contributed by atoms with E-state index in [9.17, 15) is 9.18 Å². The van der Waals surface area contributed by atoms with Crippen LogP contribution in [0, 0.1) is 5.82 Å². The minimum atomic E-state index is -0.297. The Labute approximate surface area is 123 Å². The molecular weight excluding hydrogens is 267 g/mol. The molecule has 3 rings (SSSR count). The first-order valence-corrected chi connectivity index (χ1v) is 7.04. The molecule has 2 aromatic rings. The van der Waals surface area contributed by atoms with E-state index in [-0.39, 0.29) is 17.8 Å². The molecule has 21 heavy (non-hydrogen) atoms. The second-order valence-electron chi connectivity index (χ2n) is 5.22. The van der Waals surface area contributed by atoms with Crippen molar-refractivity contribution in [2.45, 2.75) is 19.5 Å². The first-order valence-electron chi connectivity index (χ1n) is 7.04. The number of carbonyl (C=O) groups is 1. The zero-order valence-electron chi connectivity index (χ0n) is 11.9. The number of hydrogen-bond donors (Lipinski definition) is 0. The van der Waals surface area contributed by atoms with Crippen LogP contribution in [0.5, 0.6) is 0 Å². The smallest absolute Gasteiger partial charge is 0.247 e. The van der Waals surface area contributed by atoms with E-state index in [0.717, 1.165) is 12.2 Å². The largest absolute Gasteiger partial charge is 0.348 e. The van der Waals surface area contributed by atoms with Crippen LogP contribution in [0.25, 0.3) is 6.08 Å². The van der Waals surface area contributed by atoms with Crippen molar-refractivity contribution in [3.8, 4) is 0 Å². The number of fused-ring (bicyclic) bond motifs is 1. The van der Waals surface area contributed by atoms with E-state index in [0.29, 0.717) is 12.1 Å². The van der Waals surface area contributed by atoms with Crippen LogP contribution in [0.3, 0.4) is 0 Å². The molecule has 108 valence electrons. The molecule has 0 N–H and O–H groups in total. The maximum Gasteiger partial charge on any atom is 0.247 e. The van der Waals surface area contributed by atoms with Gasteiger partial charge in [0.05, 0.1) is 6.04 Å². The predicted octanol–water partition coefficient (Wildman–Crippen LogP) is 3.24. The molecule has 0 saturated carbocycles. The molecule has 1 amide bonds. The van der Waals surface area contributed by atoms with Gasteiger partial charge in [0, 0.05) is 31.1 Å². The van der Waals surface area contributed by atoms with Crippen LogP contribution in [0.15, 0.2) is 48.7 Å². The van der Waals surface area contributed by atoms with Gasteiger partial charge in [-0.25, -0.2) is 4.39 Å². The lowest BCUT2D eigenvalue weighted by Crippen LogP contribution is -2.39. The standard InChI is InChI=1S/C17H17FN2O/c1-13-16-6-3-9-19(16)10-11-20(13)17(21)8-7-14-4-2-5-15(18)12-14/h2-9,12-13H,10-11H2,1H3/b8-7+. The van der Waals surface area contributed by atoms with Gasteiger partial charge < -0.3 is 9.47 Å². The van der Waals surface area contributed by atoms with Gasteiger partial charge in [-0.05, 0) is 42.8 Å². The molecule has 2 heterocycles. The molecule has 1 aliphatic rings. The molecule has 0 spiro atoms. The van der Waals surface area contributed by atoms with Crippen molar-refractivity contribution in [2.75, 3.05) is 6.54 Å². The van der Waals surface area contributed by atoms with Crippen LogP contribution in [0.2, 0.25) is 0 Å².